The van der Waals surface area contributed by atoms with Gasteiger partial charge in [-0.2, -0.15) is 11.8 Å². The standard InChI is InChI=1S/C20H26N2OS2/c1-16(2)23-19-11-6-10-18(14-19)22-20(24)21-12-7-13-25-15-17-8-4-3-5-9-17/h3-6,8-11,14,16H,7,12-13,15H2,1-2H3,(H2,21,22,24). The lowest BCUT2D eigenvalue weighted by atomic mass is 10.2. The second-order valence-corrected chi connectivity index (χ2v) is 7.48. The van der Waals surface area contributed by atoms with Crippen LogP contribution >= 0.6 is 24.0 Å². The van der Waals surface area contributed by atoms with E-state index in [1.165, 1.54) is 5.56 Å². The molecule has 2 N–H and O–H groups in total. The highest BCUT2D eigenvalue weighted by Crippen LogP contribution is 2.18. The number of rotatable bonds is 9. The summed E-state index contributed by atoms with van der Waals surface area (Å²) in [5.41, 5.74) is 2.32. The highest BCUT2D eigenvalue weighted by molar-refractivity contribution is 7.98. The molecule has 2 aromatic carbocycles. The second-order valence-electron chi connectivity index (χ2n) is 5.97. The molecule has 3 nitrogen and oxygen atoms in total. The Morgan fingerprint density at radius 2 is 1.92 bits per heavy atom. The molecule has 0 amide bonds. The van der Waals surface area contributed by atoms with Crippen LogP contribution in [-0.2, 0) is 5.75 Å². The Kier molecular flexibility index (Phi) is 8.63. The minimum absolute atomic E-state index is 0.161. The zero-order valence-electron chi connectivity index (χ0n) is 14.8. The van der Waals surface area contributed by atoms with Crippen LogP contribution in [0.5, 0.6) is 5.75 Å². The van der Waals surface area contributed by atoms with Crippen molar-refractivity contribution < 1.29 is 4.74 Å². The molecule has 2 aromatic rings. The van der Waals surface area contributed by atoms with E-state index in [1.807, 2.05) is 49.9 Å². The molecule has 134 valence electrons. The largest absolute Gasteiger partial charge is 0.491 e. The Hall–Kier alpha value is -1.72. The molecule has 0 fully saturated rings. The van der Waals surface area contributed by atoms with E-state index in [1.54, 1.807) is 0 Å². The summed E-state index contributed by atoms with van der Waals surface area (Å²) < 4.78 is 5.69. The molecular weight excluding hydrogens is 348 g/mol. The molecule has 0 saturated carbocycles. The molecule has 0 spiro atoms. The molecule has 25 heavy (non-hydrogen) atoms. The van der Waals surface area contributed by atoms with Gasteiger partial charge in [0.2, 0.25) is 0 Å². The number of hydrogen-bond acceptors (Lipinski definition) is 3. The highest BCUT2D eigenvalue weighted by Gasteiger charge is 2.01. The van der Waals surface area contributed by atoms with Crippen molar-refractivity contribution in [3.8, 4) is 5.75 Å². The van der Waals surface area contributed by atoms with E-state index in [0.717, 1.165) is 35.9 Å². The third-order valence-corrected chi connectivity index (χ3v) is 4.69. The van der Waals surface area contributed by atoms with Gasteiger partial charge in [-0.05, 0) is 55.9 Å². The molecule has 2 rings (SSSR count). The zero-order valence-corrected chi connectivity index (χ0v) is 16.5. The maximum absolute atomic E-state index is 5.69. The van der Waals surface area contributed by atoms with E-state index >= 15 is 0 Å². The van der Waals surface area contributed by atoms with E-state index in [9.17, 15) is 0 Å². The SMILES string of the molecule is CC(C)Oc1cccc(NC(=S)NCCCSCc2ccccc2)c1. The molecule has 0 aliphatic rings. The summed E-state index contributed by atoms with van der Waals surface area (Å²) in [6, 6.07) is 18.4. The number of thioether (sulfide) groups is 1. The topological polar surface area (TPSA) is 33.3 Å². The highest BCUT2D eigenvalue weighted by atomic mass is 32.2. The van der Waals surface area contributed by atoms with E-state index in [-0.39, 0.29) is 6.10 Å². The zero-order chi connectivity index (χ0) is 17.9. The maximum atomic E-state index is 5.69. The van der Waals surface area contributed by atoms with Gasteiger partial charge in [0.25, 0.3) is 0 Å². The monoisotopic (exact) mass is 374 g/mol. The fraction of sp³-hybridized carbons (Fsp3) is 0.350. The molecule has 0 bridgehead atoms. The predicted octanol–water partition coefficient (Wildman–Crippen LogP) is 5.08. The van der Waals surface area contributed by atoms with Gasteiger partial charge in [-0.1, -0.05) is 36.4 Å². The Labute approximate surface area is 160 Å². The van der Waals surface area contributed by atoms with Crippen LogP contribution < -0.4 is 15.4 Å². The molecule has 0 aliphatic carbocycles. The normalized spacial score (nSPS) is 10.5. The van der Waals surface area contributed by atoms with Crippen LogP contribution in [0.1, 0.15) is 25.8 Å². The van der Waals surface area contributed by atoms with Crippen molar-refractivity contribution in [2.24, 2.45) is 0 Å². The Morgan fingerprint density at radius 1 is 1.12 bits per heavy atom. The molecule has 0 heterocycles. The summed E-state index contributed by atoms with van der Waals surface area (Å²) in [5.74, 6) is 3.02. The van der Waals surface area contributed by atoms with Gasteiger partial charge in [0.05, 0.1) is 6.10 Å². The molecule has 5 heteroatoms. The Morgan fingerprint density at radius 3 is 2.68 bits per heavy atom. The molecule has 0 atom stereocenters. The molecule has 0 unspecified atom stereocenters. The lowest BCUT2D eigenvalue weighted by Crippen LogP contribution is -2.29. The lowest BCUT2D eigenvalue weighted by molar-refractivity contribution is 0.242. The van der Waals surface area contributed by atoms with E-state index in [0.29, 0.717) is 5.11 Å². The summed E-state index contributed by atoms with van der Waals surface area (Å²) in [5, 5.41) is 7.11. The number of benzene rings is 2. The van der Waals surface area contributed by atoms with Gasteiger partial charge in [-0.3, -0.25) is 0 Å². The number of nitrogens with one attached hydrogen (secondary N) is 2. The fourth-order valence-electron chi connectivity index (χ4n) is 2.24. The minimum atomic E-state index is 0.161. The fourth-order valence-corrected chi connectivity index (χ4v) is 3.38. The van der Waals surface area contributed by atoms with Crippen LogP contribution in [-0.4, -0.2) is 23.5 Å². The summed E-state index contributed by atoms with van der Waals surface area (Å²) in [7, 11) is 0. The minimum Gasteiger partial charge on any atom is -0.491 e. The van der Waals surface area contributed by atoms with Crippen molar-refractivity contribution in [3.05, 3.63) is 60.2 Å². The third-order valence-electron chi connectivity index (χ3n) is 3.33. The van der Waals surface area contributed by atoms with Gasteiger partial charge in [0.1, 0.15) is 5.75 Å². The summed E-state index contributed by atoms with van der Waals surface area (Å²) in [4.78, 5) is 0. The van der Waals surface area contributed by atoms with Crippen molar-refractivity contribution >= 4 is 34.8 Å². The number of thiocarbonyl (C=S) groups is 1. The second kappa shape index (κ2) is 11.0. The Bertz CT molecular complexity index is 647. The molecule has 0 aromatic heterocycles. The number of hydrogen-bond donors (Lipinski definition) is 2. The van der Waals surface area contributed by atoms with E-state index < -0.39 is 0 Å². The van der Waals surface area contributed by atoms with Gasteiger partial charge in [-0.25, -0.2) is 0 Å². The van der Waals surface area contributed by atoms with Gasteiger partial charge in [-0.15, -0.1) is 0 Å². The van der Waals surface area contributed by atoms with Crippen molar-refractivity contribution in [2.75, 3.05) is 17.6 Å². The van der Waals surface area contributed by atoms with Crippen LogP contribution in [0.15, 0.2) is 54.6 Å². The third kappa shape index (κ3) is 8.27. The molecule has 0 saturated heterocycles. The maximum Gasteiger partial charge on any atom is 0.170 e. The average Bonchev–Trinajstić information content (AvgIpc) is 2.58. The number of anilines is 1. The van der Waals surface area contributed by atoms with Crippen LogP contribution in [0, 0.1) is 0 Å². The van der Waals surface area contributed by atoms with Crippen molar-refractivity contribution in [1.82, 2.24) is 5.32 Å². The first-order valence-corrected chi connectivity index (χ1v) is 10.1. The lowest BCUT2D eigenvalue weighted by Gasteiger charge is -2.13. The van der Waals surface area contributed by atoms with Crippen molar-refractivity contribution in [2.45, 2.75) is 32.1 Å². The van der Waals surface area contributed by atoms with E-state index in [2.05, 4.69) is 41.0 Å². The van der Waals surface area contributed by atoms with Gasteiger partial charge >= 0.3 is 0 Å². The van der Waals surface area contributed by atoms with Gasteiger partial charge in [0.15, 0.2) is 5.11 Å². The summed E-state index contributed by atoms with van der Waals surface area (Å²) in [6.45, 7) is 4.90. The number of ether oxygens (including phenoxy) is 1. The molecular formula is C20H26N2OS2. The van der Waals surface area contributed by atoms with Gasteiger partial charge in [0, 0.05) is 24.1 Å². The Balaban J connectivity index is 1.61. The molecule has 0 radical (unpaired) electrons. The smallest absolute Gasteiger partial charge is 0.170 e. The van der Waals surface area contributed by atoms with Crippen molar-refractivity contribution in [3.63, 3.8) is 0 Å². The average molecular weight is 375 g/mol. The first kappa shape index (κ1) is 19.6. The van der Waals surface area contributed by atoms with E-state index in [4.69, 9.17) is 17.0 Å². The van der Waals surface area contributed by atoms with Crippen LogP contribution in [0.25, 0.3) is 0 Å². The summed E-state index contributed by atoms with van der Waals surface area (Å²) >= 11 is 7.30. The molecule has 0 aliphatic heterocycles. The van der Waals surface area contributed by atoms with Crippen LogP contribution in [0.3, 0.4) is 0 Å². The van der Waals surface area contributed by atoms with Crippen molar-refractivity contribution in [1.29, 1.82) is 0 Å². The first-order valence-electron chi connectivity index (χ1n) is 8.57. The van der Waals surface area contributed by atoms with Crippen LogP contribution in [0.2, 0.25) is 0 Å². The van der Waals surface area contributed by atoms with Crippen LogP contribution in [0.4, 0.5) is 5.69 Å². The quantitative estimate of drug-likeness (QED) is 0.472. The van der Waals surface area contributed by atoms with Gasteiger partial charge < -0.3 is 15.4 Å². The predicted molar refractivity (Wildman–Crippen MR) is 114 cm³/mol. The summed E-state index contributed by atoms with van der Waals surface area (Å²) in [6.07, 6.45) is 1.24. The first-order chi connectivity index (χ1) is 12.1.